The van der Waals surface area contributed by atoms with Gasteiger partial charge in [0.05, 0.1) is 17.7 Å². The van der Waals surface area contributed by atoms with E-state index in [1.807, 2.05) is 30.3 Å². The fraction of sp³-hybridized carbons (Fsp3) is 0.471. The average molecular weight is 398 g/mol. The van der Waals surface area contributed by atoms with Crippen molar-refractivity contribution in [2.45, 2.75) is 24.4 Å². The van der Waals surface area contributed by atoms with Gasteiger partial charge in [-0.3, -0.25) is 4.68 Å². The van der Waals surface area contributed by atoms with Crippen molar-refractivity contribution in [3.8, 4) is 0 Å². The van der Waals surface area contributed by atoms with Crippen molar-refractivity contribution in [2.24, 2.45) is 5.92 Å². The van der Waals surface area contributed by atoms with Crippen LogP contribution >= 0.6 is 0 Å². The average Bonchev–Trinajstić information content (AvgIpc) is 3.20. The molecular formula is C17H23N3O4S2. The summed E-state index contributed by atoms with van der Waals surface area (Å²) in [7, 11) is -5.25. The Kier molecular flexibility index (Phi) is 5.50. The molecule has 1 aliphatic heterocycles. The quantitative estimate of drug-likeness (QED) is 0.700. The van der Waals surface area contributed by atoms with Crippen LogP contribution in [-0.4, -0.2) is 56.0 Å². The van der Waals surface area contributed by atoms with E-state index in [9.17, 15) is 16.8 Å². The zero-order valence-corrected chi connectivity index (χ0v) is 16.3. The Hall–Kier alpha value is -1.71. The van der Waals surface area contributed by atoms with Crippen LogP contribution in [0.1, 0.15) is 12.0 Å². The number of nitrogens with zero attached hydrogens (tertiary/aromatic N) is 3. The van der Waals surface area contributed by atoms with E-state index in [2.05, 4.69) is 5.10 Å². The highest BCUT2D eigenvalue weighted by Gasteiger charge is 2.32. The summed E-state index contributed by atoms with van der Waals surface area (Å²) in [5.41, 5.74) is 1.11. The molecule has 7 nitrogen and oxygen atoms in total. The predicted molar refractivity (Wildman–Crippen MR) is 98.9 cm³/mol. The molecule has 1 aromatic carbocycles. The van der Waals surface area contributed by atoms with E-state index < -0.39 is 19.9 Å². The molecule has 0 saturated carbocycles. The number of hydrogen-bond donors (Lipinski definition) is 0. The van der Waals surface area contributed by atoms with Crippen molar-refractivity contribution in [2.75, 3.05) is 25.1 Å². The highest BCUT2D eigenvalue weighted by atomic mass is 32.2. The van der Waals surface area contributed by atoms with Gasteiger partial charge in [-0.25, -0.2) is 16.8 Å². The molecule has 0 amide bonds. The van der Waals surface area contributed by atoms with Crippen LogP contribution in [0.3, 0.4) is 0 Å². The molecule has 1 fully saturated rings. The molecule has 0 radical (unpaired) electrons. The van der Waals surface area contributed by atoms with Crippen LogP contribution < -0.4 is 0 Å². The number of benzene rings is 1. The van der Waals surface area contributed by atoms with E-state index in [-0.39, 0.29) is 29.0 Å². The Labute approximate surface area is 154 Å². The first-order valence-electron chi connectivity index (χ1n) is 8.50. The largest absolute Gasteiger partial charge is 0.259 e. The fourth-order valence-corrected chi connectivity index (χ4v) is 6.44. The summed E-state index contributed by atoms with van der Waals surface area (Å²) < 4.78 is 51.7. The summed E-state index contributed by atoms with van der Waals surface area (Å²) in [6.07, 6.45) is 2.66. The van der Waals surface area contributed by atoms with Crippen LogP contribution in [0, 0.1) is 5.92 Å². The van der Waals surface area contributed by atoms with E-state index >= 15 is 0 Å². The lowest BCUT2D eigenvalue weighted by atomic mass is 10.1. The SMILES string of the molecule is CN(CC1CCS(=O)(=O)C1)S(=O)(=O)c1ccnn1CCc1ccccc1. The van der Waals surface area contributed by atoms with Crippen LogP contribution in [0.4, 0.5) is 0 Å². The van der Waals surface area contributed by atoms with E-state index in [0.717, 1.165) is 5.56 Å². The van der Waals surface area contributed by atoms with Gasteiger partial charge in [0.25, 0.3) is 10.0 Å². The molecule has 1 saturated heterocycles. The molecule has 1 aromatic heterocycles. The summed E-state index contributed by atoms with van der Waals surface area (Å²) in [4.78, 5) is 0. The van der Waals surface area contributed by atoms with Gasteiger partial charge in [0.2, 0.25) is 0 Å². The Bertz CT molecular complexity index is 953. The number of sulfonamides is 1. The predicted octanol–water partition coefficient (Wildman–Crippen LogP) is 1.18. The van der Waals surface area contributed by atoms with Crippen LogP contribution in [-0.2, 0) is 32.8 Å². The van der Waals surface area contributed by atoms with Crippen LogP contribution in [0.25, 0.3) is 0 Å². The Morgan fingerprint density at radius 2 is 1.96 bits per heavy atom. The van der Waals surface area contributed by atoms with E-state index in [1.165, 1.54) is 28.3 Å². The summed E-state index contributed by atoms with van der Waals surface area (Å²) in [5, 5.41) is 4.29. The molecule has 1 aliphatic rings. The molecule has 0 aliphatic carbocycles. The van der Waals surface area contributed by atoms with Crippen molar-refractivity contribution in [1.82, 2.24) is 14.1 Å². The molecule has 0 bridgehead atoms. The van der Waals surface area contributed by atoms with Gasteiger partial charge >= 0.3 is 0 Å². The molecule has 0 spiro atoms. The normalized spacial score (nSPS) is 19.8. The van der Waals surface area contributed by atoms with Crippen LogP contribution in [0.2, 0.25) is 0 Å². The minimum atomic E-state index is -3.72. The molecule has 142 valence electrons. The van der Waals surface area contributed by atoms with Crippen LogP contribution in [0.5, 0.6) is 0 Å². The number of hydrogen-bond acceptors (Lipinski definition) is 5. The van der Waals surface area contributed by atoms with Gasteiger partial charge in [-0.2, -0.15) is 9.40 Å². The molecule has 0 N–H and O–H groups in total. The zero-order valence-electron chi connectivity index (χ0n) is 14.7. The molecule has 2 aromatic rings. The topological polar surface area (TPSA) is 89.3 Å². The number of aromatic nitrogens is 2. The zero-order chi connectivity index (χ0) is 18.8. The maximum absolute atomic E-state index is 12.9. The maximum Gasteiger partial charge on any atom is 0.259 e. The molecule has 9 heteroatoms. The Morgan fingerprint density at radius 1 is 1.23 bits per heavy atom. The minimum Gasteiger partial charge on any atom is -0.253 e. The van der Waals surface area contributed by atoms with Gasteiger partial charge < -0.3 is 0 Å². The van der Waals surface area contributed by atoms with Gasteiger partial charge in [0.15, 0.2) is 14.9 Å². The molecule has 26 heavy (non-hydrogen) atoms. The van der Waals surface area contributed by atoms with Gasteiger partial charge in [-0.05, 0) is 30.4 Å². The smallest absolute Gasteiger partial charge is 0.253 e. The van der Waals surface area contributed by atoms with Gasteiger partial charge in [0.1, 0.15) is 0 Å². The van der Waals surface area contributed by atoms with Gasteiger partial charge in [-0.15, -0.1) is 0 Å². The standard InChI is InChI=1S/C17H23N3O4S2/c1-19(13-16-9-12-25(21,22)14-16)26(23,24)17-7-10-18-20(17)11-8-15-5-3-2-4-6-15/h2-7,10,16H,8-9,11-14H2,1H3. The monoisotopic (exact) mass is 397 g/mol. The van der Waals surface area contributed by atoms with E-state index in [1.54, 1.807) is 0 Å². The lowest BCUT2D eigenvalue weighted by Gasteiger charge is -2.20. The Balaban J connectivity index is 1.70. The second kappa shape index (κ2) is 7.50. The molecule has 1 atom stereocenters. The van der Waals surface area contributed by atoms with Crippen LogP contribution in [0.15, 0.2) is 47.6 Å². The van der Waals surface area contributed by atoms with Gasteiger partial charge in [-0.1, -0.05) is 30.3 Å². The van der Waals surface area contributed by atoms with Crippen molar-refractivity contribution in [3.63, 3.8) is 0 Å². The summed E-state index contributed by atoms with van der Waals surface area (Å²) >= 11 is 0. The van der Waals surface area contributed by atoms with E-state index in [4.69, 9.17) is 0 Å². The molecule has 1 unspecified atom stereocenters. The molecule has 2 heterocycles. The van der Waals surface area contributed by atoms with E-state index in [0.29, 0.717) is 19.4 Å². The third-order valence-corrected chi connectivity index (χ3v) is 8.33. The first-order valence-corrected chi connectivity index (χ1v) is 11.8. The van der Waals surface area contributed by atoms with Crippen molar-refractivity contribution in [3.05, 3.63) is 48.2 Å². The second-order valence-electron chi connectivity index (χ2n) is 6.68. The highest BCUT2D eigenvalue weighted by molar-refractivity contribution is 7.91. The first-order chi connectivity index (χ1) is 12.3. The maximum atomic E-state index is 12.9. The number of rotatable bonds is 7. The third-order valence-electron chi connectivity index (χ3n) is 4.65. The molecular weight excluding hydrogens is 374 g/mol. The van der Waals surface area contributed by atoms with Crippen molar-refractivity contribution < 1.29 is 16.8 Å². The number of sulfone groups is 1. The minimum absolute atomic E-state index is 0.0557. The first kappa shape index (κ1) is 19.1. The third kappa shape index (κ3) is 4.33. The second-order valence-corrected chi connectivity index (χ2v) is 10.9. The molecule has 3 rings (SSSR count). The van der Waals surface area contributed by atoms with Crippen molar-refractivity contribution >= 4 is 19.9 Å². The van der Waals surface area contributed by atoms with Crippen molar-refractivity contribution in [1.29, 1.82) is 0 Å². The summed E-state index contributed by atoms with van der Waals surface area (Å²) in [6.45, 7) is 0.655. The Morgan fingerprint density at radius 3 is 2.62 bits per heavy atom. The fourth-order valence-electron chi connectivity index (χ4n) is 3.22. The highest BCUT2D eigenvalue weighted by Crippen LogP contribution is 2.22. The van der Waals surface area contributed by atoms with Gasteiger partial charge in [0, 0.05) is 20.1 Å². The number of aryl methyl sites for hydroxylation is 2. The summed E-state index contributed by atoms with van der Waals surface area (Å²) in [6, 6.07) is 11.3. The summed E-state index contributed by atoms with van der Waals surface area (Å²) in [5.74, 6) is 0.0428. The lowest BCUT2D eigenvalue weighted by Crippen LogP contribution is -2.33. The lowest BCUT2D eigenvalue weighted by molar-refractivity contribution is 0.397.